The number of anilines is 1. The summed E-state index contributed by atoms with van der Waals surface area (Å²) in [6.07, 6.45) is 0. The molecule has 3 aromatic rings. The van der Waals surface area contributed by atoms with E-state index in [9.17, 15) is 14.9 Å². The highest BCUT2D eigenvalue weighted by Gasteiger charge is 2.19. The summed E-state index contributed by atoms with van der Waals surface area (Å²) in [5, 5.41) is 14.2. The Morgan fingerprint density at radius 1 is 1.28 bits per heavy atom. The van der Waals surface area contributed by atoms with Crippen LogP contribution < -0.4 is 10.1 Å². The normalized spacial score (nSPS) is 10.7. The van der Waals surface area contributed by atoms with Gasteiger partial charge in [-0.2, -0.15) is 0 Å². The molecular formula is C17H15N3O4S. The topological polar surface area (TPSA) is 94.4 Å². The Balaban J connectivity index is 1.97. The maximum atomic E-state index is 12.5. The van der Waals surface area contributed by atoms with Gasteiger partial charge in [0.1, 0.15) is 11.3 Å². The highest BCUT2D eigenvalue weighted by atomic mass is 32.1. The molecule has 0 saturated heterocycles. The van der Waals surface area contributed by atoms with Crippen molar-refractivity contribution in [2.45, 2.75) is 13.8 Å². The van der Waals surface area contributed by atoms with Gasteiger partial charge in [-0.1, -0.05) is 23.5 Å². The maximum absolute atomic E-state index is 12.5. The van der Waals surface area contributed by atoms with Crippen molar-refractivity contribution in [2.24, 2.45) is 0 Å². The minimum Gasteiger partial charge on any atom is -0.494 e. The minimum absolute atomic E-state index is 0.0885. The molecule has 0 spiro atoms. The summed E-state index contributed by atoms with van der Waals surface area (Å²) in [5.41, 5.74) is 2.19. The number of nitro groups is 1. The summed E-state index contributed by atoms with van der Waals surface area (Å²) in [6, 6.07) is 8.17. The van der Waals surface area contributed by atoms with Gasteiger partial charge in [-0.15, -0.1) is 0 Å². The number of amides is 1. The molecule has 7 nitrogen and oxygen atoms in total. The van der Waals surface area contributed by atoms with Crippen molar-refractivity contribution in [1.29, 1.82) is 0 Å². The molecule has 0 atom stereocenters. The summed E-state index contributed by atoms with van der Waals surface area (Å²) >= 11 is 1.34. The second-order valence-corrected chi connectivity index (χ2v) is 6.44. The first-order valence-electron chi connectivity index (χ1n) is 7.42. The van der Waals surface area contributed by atoms with Crippen LogP contribution in [0.2, 0.25) is 0 Å². The fourth-order valence-corrected chi connectivity index (χ4v) is 3.51. The van der Waals surface area contributed by atoms with Crippen molar-refractivity contribution in [3.63, 3.8) is 0 Å². The standard InChI is InChI=1S/C17H15N3O4S/c1-9-7-8-13(24-3)14-15(9)25-17(18-14)19-16(21)11-5-4-6-12(10(11)2)20(22)23/h4-8H,1-3H3,(H,18,19,21). The molecule has 8 heteroatoms. The fraction of sp³-hybridized carbons (Fsp3) is 0.176. The molecule has 1 N–H and O–H groups in total. The first-order chi connectivity index (χ1) is 11.9. The van der Waals surface area contributed by atoms with E-state index in [0.717, 1.165) is 10.3 Å². The lowest BCUT2D eigenvalue weighted by molar-refractivity contribution is -0.385. The first kappa shape index (κ1) is 16.8. The molecular weight excluding hydrogens is 342 g/mol. The predicted octanol–water partition coefficient (Wildman–Crippen LogP) is 4.08. The number of methoxy groups -OCH3 is 1. The molecule has 3 rings (SSSR count). The van der Waals surface area contributed by atoms with Crippen LogP contribution in [0, 0.1) is 24.0 Å². The van der Waals surface area contributed by atoms with E-state index in [4.69, 9.17) is 4.74 Å². The zero-order valence-electron chi connectivity index (χ0n) is 13.8. The highest BCUT2D eigenvalue weighted by molar-refractivity contribution is 7.22. The van der Waals surface area contributed by atoms with Crippen LogP contribution in [-0.2, 0) is 0 Å². The molecule has 2 aromatic carbocycles. The van der Waals surface area contributed by atoms with E-state index in [1.807, 2.05) is 19.1 Å². The highest BCUT2D eigenvalue weighted by Crippen LogP contribution is 2.35. The lowest BCUT2D eigenvalue weighted by atomic mass is 10.1. The zero-order valence-corrected chi connectivity index (χ0v) is 14.6. The number of nitro benzene ring substituents is 1. The first-order valence-corrected chi connectivity index (χ1v) is 8.23. The Hall–Kier alpha value is -3.00. The molecule has 0 aliphatic heterocycles. The molecule has 0 unspecified atom stereocenters. The van der Waals surface area contributed by atoms with Crippen LogP contribution in [0.4, 0.5) is 10.8 Å². The zero-order chi connectivity index (χ0) is 18.1. The van der Waals surface area contributed by atoms with Gasteiger partial charge in [-0.3, -0.25) is 20.2 Å². The number of ether oxygens (including phenoxy) is 1. The van der Waals surface area contributed by atoms with Gasteiger partial charge in [-0.05, 0) is 31.5 Å². The van der Waals surface area contributed by atoms with Gasteiger partial charge in [0.2, 0.25) is 0 Å². The number of carbonyl (C=O) groups is 1. The van der Waals surface area contributed by atoms with Gasteiger partial charge in [0, 0.05) is 17.2 Å². The summed E-state index contributed by atoms with van der Waals surface area (Å²) in [5.74, 6) is 0.195. The van der Waals surface area contributed by atoms with Crippen LogP contribution in [0.1, 0.15) is 21.5 Å². The van der Waals surface area contributed by atoms with Crippen molar-refractivity contribution >= 4 is 38.3 Å². The number of nitrogens with one attached hydrogen (secondary N) is 1. The third-order valence-corrected chi connectivity index (χ3v) is 5.00. The van der Waals surface area contributed by atoms with E-state index in [1.54, 1.807) is 20.1 Å². The van der Waals surface area contributed by atoms with Crippen LogP contribution in [0.15, 0.2) is 30.3 Å². The predicted molar refractivity (Wildman–Crippen MR) is 96.7 cm³/mol. The average Bonchev–Trinajstić information content (AvgIpc) is 2.99. The van der Waals surface area contributed by atoms with Crippen molar-refractivity contribution in [1.82, 2.24) is 4.98 Å². The van der Waals surface area contributed by atoms with Gasteiger partial charge in [-0.25, -0.2) is 4.98 Å². The van der Waals surface area contributed by atoms with Gasteiger partial charge < -0.3 is 4.74 Å². The van der Waals surface area contributed by atoms with E-state index in [1.165, 1.54) is 23.5 Å². The van der Waals surface area contributed by atoms with Gasteiger partial charge in [0.05, 0.1) is 16.7 Å². The third kappa shape index (κ3) is 3.03. The monoisotopic (exact) mass is 357 g/mol. The average molecular weight is 357 g/mol. The Kier molecular flexibility index (Phi) is 4.37. The van der Waals surface area contributed by atoms with Crippen molar-refractivity contribution in [3.05, 3.63) is 57.1 Å². The molecule has 0 saturated carbocycles. The molecule has 0 aliphatic carbocycles. The number of aromatic nitrogens is 1. The number of thiazole rings is 1. The van der Waals surface area contributed by atoms with Crippen LogP contribution in [-0.4, -0.2) is 22.9 Å². The second kappa shape index (κ2) is 6.48. The van der Waals surface area contributed by atoms with Crippen LogP contribution in [0.5, 0.6) is 5.75 Å². The molecule has 1 amide bonds. The van der Waals surface area contributed by atoms with Crippen LogP contribution in [0.3, 0.4) is 0 Å². The quantitative estimate of drug-likeness (QED) is 0.561. The van der Waals surface area contributed by atoms with Gasteiger partial charge >= 0.3 is 0 Å². The van der Waals surface area contributed by atoms with Crippen LogP contribution >= 0.6 is 11.3 Å². The van der Waals surface area contributed by atoms with E-state index >= 15 is 0 Å². The largest absolute Gasteiger partial charge is 0.494 e. The SMILES string of the molecule is COc1ccc(C)c2sc(NC(=O)c3cccc([N+](=O)[O-])c3C)nc12. The summed E-state index contributed by atoms with van der Waals surface area (Å²) in [7, 11) is 1.56. The van der Waals surface area contributed by atoms with Crippen molar-refractivity contribution < 1.29 is 14.5 Å². The number of rotatable bonds is 4. The fourth-order valence-electron chi connectivity index (χ4n) is 2.56. The Bertz CT molecular complexity index is 997. The second-order valence-electron chi connectivity index (χ2n) is 5.44. The lowest BCUT2D eigenvalue weighted by Gasteiger charge is -2.05. The number of nitrogens with zero attached hydrogens (tertiary/aromatic N) is 2. The van der Waals surface area contributed by atoms with E-state index in [-0.39, 0.29) is 11.3 Å². The third-order valence-electron chi connectivity index (χ3n) is 3.89. The molecule has 0 aliphatic rings. The number of hydrogen-bond acceptors (Lipinski definition) is 6. The minimum atomic E-state index is -0.502. The number of fused-ring (bicyclic) bond motifs is 1. The van der Waals surface area contributed by atoms with Gasteiger partial charge in [0.25, 0.3) is 11.6 Å². The summed E-state index contributed by atoms with van der Waals surface area (Å²) < 4.78 is 6.22. The smallest absolute Gasteiger partial charge is 0.273 e. The summed E-state index contributed by atoms with van der Waals surface area (Å²) in [6.45, 7) is 3.51. The number of hydrogen-bond donors (Lipinski definition) is 1. The van der Waals surface area contributed by atoms with Crippen LogP contribution in [0.25, 0.3) is 10.2 Å². The lowest BCUT2D eigenvalue weighted by Crippen LogP contribution is -2.13. The van der Waals surface area contributed by atoms with Gasteiger partial charge in [0.15, 0.2) is 5.13 Å². The van der Waals surface area contributed by atoms with E-state index < -0.39 is 10.8 Å². The molecule has 0 radical (unpaired) electrons. The van der Waals surface area contributed by atoms with E-state index in [0.29, 0.717) is 22.0 Å². The Morgan fingerprint density at radius 2 is 2.04 bits per heavy atom. The van der Waals surface area contributed by atoms with Crippen molar-refractivity contribution in [3.8, 4) is 5.75 Å². The summed E-state index contributed by atoms with van der Waals surface area (Å²) in [4.78, 5) is 27.5. The molecule has 128 valence electrons. The molecule has 1 heterocycles. The molecule has 0 bridgehead atoms. The molecule has 0 fully saturated rings. The van der Waals surface area contributed by atoms with Crippen molar-refractivity contribution in [2.75, 3.05) is 12.4 Å². The molecule has 25 heavy (non-hydrogen) atoms. The number of carbonyl (C=O) groups excluding carboxylic acids is 1. The Labute approximate surface area is 147 Å². The maximum Gasteiger partial charge on any atom is 0.273 e. The molecule has 1 aromatic heterocycles. The Morgan fingerprint density at radius 3 is 2.72 bits per heavy atom. The number of benzene rings is 2. The van der Waals surface area contributed by atoms with E-state index in [2.05, 4.69) is 10.3 Å². The number of aryl methyl sites for hydroxylation is 1.